The van der Waals surface area contributed by atoms with Crippen LogP contribution in [0.2, 0.25) is 0 Å². The number of rotatable bonds is 6. The lowest BCUT2D eigenvalue weighted by Gasteiger charge is -2.13. The van der Waals surface area contributed by atoms with Gasteiger partial charge >= 0.3 is 5.97 Å². The van der Waals surface area contributed by atoms with Gasteiger partial charge in [-0.15, -0.1) is 11.3 Å². The first-order valence-electron chi connectivity index (χ1n) is 11.0. The van der Waals surface area contributed by atoms with E-state index in [-0.39, 0.29) is 11.2 Å². The fourth-order valence-electron chi connectivity index (χ4n) is 4.11. The van der Waals surface area contributed by atoms with Crippen molar-refractivity contribution in [1.82, 2.24) is 9.36 Å². The summed E-state index contributed by atoms with van der Waals surface area (Å²) >= 11 is 1.36. The van der Waals surface area contributed by atoms with Crippen molar-refractivity contribution in [3.63, 3.8) is 0 Å². The van der Waals surface area contributed by atoms with Crippen LogP contribution in [-0.4, -0.2) is 33.8 Å². The molecule has 0 aliphatic heterocycles. The van der Waals surface area contributed by atoms with Crippen molar-refractivity contribution in [3.05, 3.63) is 62.4 Å². The van der Waals surface area contributed by atoms with Gasteiger partial charge in [0.2, 0.25) is 0 Å². The zero-order valence-electron chi connectivity index (χ0n) is 19.3. The van der Waals surface area contributed by atoms with Crippen molar-refractivity contribution < 1.29 is 19.1 Å². The lowest BCUT2D eigenvalue weighted by Crippen LogP contribution is -2.25. The molecule has 0 fully saturated rings. The number of nitrogens with one attached hydrogen (secondary N) is 2. The Kier molecular flexibility index (Phi) is 6.69. The van der Waals surface area contributed by atoms with Gasteiger partial charge in [-0.3, -0.25) is 23.9 Å². The summed E-state index contributed by atoms with van der Waals surface area (Å²) in [5.74, 6) is -1.54. The minimum absolute atomic E-state index is 0.185. The highest BCUT2D eigenvalue weighted by molar-refractivity contribution is 7.17. The van der Waals surface area contributed by atoms with Crippen LogP contribution in [0.3, 0.4) is 0 Å². The van der Waals surface area contributed by atoms with Gasteiger partial charge in [0, 0.05) is 18.8 Å². The molecular weight excluding hydrogens is 456 g/mol. The van der Waals surface area contributed by atoms with Gasteiger partial charge in [-0.1, -0.05) is 18.2 Å². The largest absolute Gasteiger partial charge is 0.456 e. The van der Waals surface area contributed by atoms with Crippen LogP contribution in [0.1, 0.15) is 46.3 Å². The fraction of sp³-hybridized carbons (Fsp3) is 0.333. The fourth-order valence-corrected chi connectivity index (χ4v) is 5.42. The maximum Gasteiger partial charge on any atom is 0.303 e. The first kappa shape index (κ1) is 23.5. The number of anilines is 2. The van der Waals surface area contributed by atoms with E-state index in [0.717, 1.165) is 36.1 Å². The average Bonchev–Trinajstić information content (AvgIpc) is 3.28. The van der Waals surface area contributed by atoms with Gasteiger partial charge in [-0.25, -0.2) is 4.68 Å². The molecule has 1 aliphatic rings. The van der Waals surface area contributed by atoms with Gasteiger partial charge in [0.15, 0.2) is 6.61 Å². The molecule has 0 spiro atoms. The molecule has 34 heavy (non-hydrogen) atoms. The number of nitrogens with zero attached hydrogens (tertiary/aromatic N) is 2. The van der Waals surface area contributed by atoms with Gasteiger partial charge in [0.1, 0.15) is 10.7 Å². The van der Waals surface area contributed by atoms with Crippen molar-refractivity contribution in [1.29, 1.82) is 0 Å². The molecule has 2 amide bonds. The highest BCUT2D eigenvalue weighted by Crippen LogP contribution is 2.38. The summed E-state index contributed by atoms with van der Waals surface area (Å²) in [4.78, 5) is 51.1. The molecule has 178 valence electrons. The lowest BCUT2D eigenvalue weighted by molar-refractivity contribution is -0.144. The Morgan fingerprint density at radius 1 is 1.09 bits per heavy atom. The van der Waals surface area contributed by atoms with Crippen molar-refractivity contribution in [2.75, 3.05) is 17.2 Å². The molecular formula is C24H26N4O5S. The summed E-state index contributed by atoms with van der Waals surface area (Å²) in [7, 11) is 1.76. The molecule has 2 heterocycles. The van der Waals surface area contributed by atoms with Gasteiger partial charge < -0.3 is 15.4 Å². The molecule has 0 unspecified atom stereocenters. The topological polar surface area (TPSA) is 111 Å². The molecule has 0 saturated heterocycles. The molecule has 0 atom stereocenters. The van der Waals surface area contributed by atoms with Crippen LogP contribution in [-0.2, 0) is 34.2 Å². The predicted molar refractivity (Wildman–Crippen MR) is 130 cm³/mol. The second-order valence-electron chi connectivity index (χ2n) is 8.13. The molecule has 0 saturated carbocycles. The molecule has 10 heteroatoms. The Labute approximate surface area is 200 Å². The summed E-state index contributed by atoms with van der Waals surface area (Å²) in [6.45, 7) is 2.56. The summed E-state index contributed by atoms with van der Waals surface area (Å²) < 4.78 is 7.96. The third-order valence-corrected chi connectivity index (χ3v) is 7.06. The van der Waals surface area contributed by atoms with E-state index in [4.69, 9.17) is 4.74 Å². The summed E-state index contributed by atoms with van der Waals surface area (Å²) in [5.41, 5.74) is 2.39. The van der Waals surface area contributed by atoms with Crippen LogP contribution in [0.4, 0.5) is 10.7 Å². The third kappa shape index (κ3) is 4.54. The molecule has 2 N–H and O–H groups in total. The van der Waals surface area contributed by atoms with Gasteiger partial charge in [-0.05, 0) is 50.3 Å². The minimum atomic E-state index is -0.562. The number of fused-ring (bicyclic) bond motifs is 1. The van der Waals surface area contributed by atoms with E-state index in [9.17, 15) is 19.2 Å². The van der Waals surface area contributed by atoms with Crippen LogP contribution in [0.25, 0.3) is 5.69 Å². The molecule has 9 nitrogen and oxygen atoms in total. The van der Waals surface area contributed by atoms with Crippen LogP contribution in [0.5, 0.6) is 0 Å². The summed E-state index contributed by atoms with van der Waals surface area (Å²) in [6.07, 6.45) is 3.49. The Morgan fingerprint density at radius 2 is 1.79 bits per heavy atom. The number of hydrogen-bond acceptors (Lipinski definition) is 6. The van der Waals surface area contributed by atoms with Gasteiger partial charge in [0.25, 0.3) is 17.4 Å². The smallest absolute Gasteiger partial charge is 0.303 e. The zero-order chi connectivity index (χ0) is 24.4. The van der Waals surface area contributed by atoms with Crippen LogP contribution in [0, 0.1) is 6.92 Å². The molecule has 2 aromatic heterocycles. The first-order chi connectivity index (χ1) is 16.3. The van der Waals surface area contributed by atoms with Gasteiger partial charge in [0.05, 0.1) is 16.9 Å². The van der Waals surface area contributed by atoms with Gasteiger partial charge in [-0.2, -0.15) is 0 Å². The Balaban J connectivity index is 1.68. The Hall–Kier alpha value is -3.66. The molecule has 3 aromatic rings. The minimum Gasteiger partial charge on any atom is -0.456 e. The SMILES string of the molecule is CC(=O)OCC(=O)Nc1sc2c(c1C(=O)Nc1c(C)n(C)n(-c3ccccc3)c1=O)CCCC2. The highest BCUT2D eigenvalue weighted by Gasteiger charge is 2.28. The number of aromatic nitrogens is 2. The number of ether oxygens (including phenoxy) is 1. The number of carbonyl (C=O) groups is 3. The third-order valence-electron chi connectivity index (χ3n) is 5.85. The number of thiophene rings is 1. The average molecular weight is 483 g/mol. The first-order valence-corrected chi connectivity index (χ1v) is 11.8. The van der Waals surface area contributed by atoms with E-state index in [1.807, 2.05) is 30.3 Å². The van der Waals surface area contributed by atoms with E-state index in [1.54, 1.807) is 18.7 Å². The van der Waals surface area contributed by atoms with E-state index >= 15 is 0 Å². The van der Waals surface area contributed by atoms with Crippen LogP contribution < -0.4 is 16.2 Å². The molecule has 1 aliphatic carbocycles. The number of para-hydroxylation sites is 1. The van der Waals surface area contributed by atoms with Crippen molar-refractivity contribution >= 4 is 39.8 Å². The summed E-state index contributed by atoms with van der Waals surface area (Å²) in [5, 5.41) is 5.92. The Bertz CT molecular complexity index is 1320. The lowest BCUT2D eigenvalue weighted by atomic mass is 9.95. The zero-order valence-corrected chi connectivity index (χ0v) is 20.1. The van der Waals surface area contributed by atoms with E-state index < -0.39 is 24.4 Å². The molecule has 1 aromatic carbocycles. The highest BCUT2D eigenvalue weighted by atomic mass is 32.1. The molecule has 0 radical (unpaired) electrons. The van der Waals surface area contributed by atoms with Crippen molar-refractivity contribution in [2.45, 2.75) is 39.5 Å². The standard InChI is InChI=1S/C24H26N4O5S/c1-14-21(24(32)28(27(14)3)16-9-5-4-6-10-16)26-22(31)20-17-11-7-8-12-18(17)34-23(20)25-19(30)13-33-15(2)29/h4-6,9-10H,7-8,11-13H2,1-3H3,(H,25,30)(H,26,31). The van der Waals surface area contributed by atoms with E-state index in [0.29, 0.717) is 21.9 Å². The van der Waals surface area contributed by atoms with Crippen LogP contribution >= 0.6 is 11.3 Å². The number of carbonyl (C=O) groups excluding carboxylic acids is 3. The Morgan fingerprint density at radius 3 is 2.50 bits per heavy atom. The number of benzene rings is 1. The normalized spacial score (nSPS) is 12.7. The number of esters is 1. The molecule has 4 rings (SSSR count). The monoisotopic (exact) mass is 482 g/mol. The van der Waals surface area contributed by atoms with E-state index in [1.165, 1.54) is 22.9 Å². The quantitative estimate of drug-likeness (QED) is 0.524. The number of hydrogen-bond donors (Lipinski definition) is 2. The number of amides is 2. The maximum absolute atomic E-state index is 13.5. The van der Waals surface area contributed by atoms with Crippen molar-refractivity contribution in [2.24, 2.45) is 7.05 Å². The number of aryl methyl sites for hydroxylation is 1. The maximum atomic E-state index is 13.5. The molecule has 0 bridgehead atoms. The predicted octanol–water partition coefficient (Wildman–Crippen LogP) is 3.18. The van der Waals surface area contributed by atoms with Crippen molar-refractivity contribution in [3.8, 4) is 5.69 Å². The second-order valence-corrected chi connectivity index (χ2v) is 9.24. The van der Waals surface area contributed by atoms with Crippen LogP contribution in [0.15, 0.2) is 35.1 Å². The summed E-state index contributed by atoms with van der Waals surface area (Å²) in [6, 6.07) is 9.18. The second kappa shape index (κ2) is 9.68. The van der Waals surface area contributed by atoms with E-state index in [2.05, 4.69) is 10.6 Å².